The van der Waals surface area contributed by atoms with Crippen LogP contribution in [0.1, 0.15) is 29.7 Å². The average Bonchev–Trinajstić information content (AvgIpc) is 2.46. The van der Waals surface area contributed by atoms with Crippen LogP contribution in [0.4, 0.5) is 4.39 Å². The summed E-state index contributed by atoms with van der Waals surface area (Å²) in [4.78, 5) is 4.22. The lowest BCUT2D eigenvalue weighted by Crippen LogP contribution is -2.23. The number of nitrogens with zero attached hydrogens (tertiary/aromatic N) is 1. The number of nitrogens with one attached hydrogen (secondary N) is 1. The fourth-order valence-corrected chi connectivity index (χ4v) is 2.41. The van der Waals surface area contributed by atoms with Gasteiger partial charge in [-0.05, 0) is 48.7 Å². The van der Waals surface area contributed by atoms with Gasteiger partial charge in [0.15, 0.2) is 0 Å². The van der Waals surface area contributed by atoms with E-state index in [2.05, 4.69) is 10.3 Å². The van der Waals surface area contributed by atoms with E-state index in [9.17, 15) is 4.39 Å². The standard InChI is InChI=1S/C17H21FN2O/c1-4-19-16(14-7-12(2)8-15(18)10-14)9-13-5-6-17(21-3)20-11-13/h5-8,10-11,16,19H,4,9H2,1-3H3. The van der Waals surface area contributed by atoms with Crippen molar-refractivity contribution in [3.8, 4) is 5.88 Å². The van der Waals surface area contributed by atoms with Crippen LogP contribution in [-0.4, -0.2) is 18.6 Å². The van der Waals surface area contributed by atoms with Crippen LogP contribution in [0.2, 0.25) is 0 Å². The van der Waals surface area contributed by atoms with Crippen molar-refractivity contribution in [1.82, 2.24) is 10.3 Å². The highest BCUT2D eigenvalue weighted by atomic mass is 19.1. The first-order valence-electron chi connectivity index (χ1n) is 7.11. The Bertz CT molecular complexity index is 564. The van der Waals surface area contributed by atoms with Gasteiger partial charge in [0.25, 0.3) is 0 Å². The summed E-state index contributed by atoms with van der Waals surface area (Å²) in [5.41, 5.74) is 2.98. The van der Waals surface area contributed by atoms with Gasteiger partial charge < -0.3 is 10.1 Å². The van der Waals surface area contributed by atoms with Crippen molar-refractivity contribution < 1.29 is 9.13 Å². The zero-order chi connectivity index (χ0) is 15.2. The van der Waals surface area contributed by atoms with E-state index < -0.39 is 0 Å². The fourth-order valence-electron chi connectivity index (χ4n) is 2.41. The van der Waals surface area contributed by atoms with Crippen molar-refractivity contribution in [2.24, 2.45) is 0 Å². The van der Waals surface area contributed by atoms with E-state index in [0.29, 0.717) is 5.88 Å². The molecule has 112 valence electrons. The third kappa shape index (κ3) is 4.26. The molecule has 0 saturated carbocycles. The summed E-state index contributed by atoms with van der Waals surface area (Å²) in [7, 11) is 1.60. The molecule has 21 heavy (non-hydrogen) atoms. The van der Waals surface area contributed by atoms with Crippen molar-refractivity contribution in [2.45, 2.75) is 26.3 Å². The maximum Gasteiger partial charge on any atom is 0.212 e. The van der Waals surface area contributed by atoms with Gasteiger partial charge in [-0.2, -0.15) is 0 Å². The smallest absolute Gasteiger partial charge is 0.212 e. The maximum atomic E-state index is 13.6. The number of pyridine rings is 1. The van der Waals surface area contributed by atoms with Gasteiger partial charge in [-0.1, -0.05) is 19.1 Å². The minimum atomic E-state index is -0.194. The molecule has 1 aromatic carbocycles. The molecule has 4 heteroatoms. The molecule has 0 bridgehead atoms. The molecular formula is C17H21FN2O. The van der Waals surface area contributed by atoms with Crippen LogP contribution in [0.3, 0.4) is 0 Å². The second-order valence-corrected chi connectivity index (χ2v) is 5.09. The molecule has 2 aromatic rings. The first-order valence-corrected chi connectivity index (χ1v) is 7.11. The molecule has 1 unspecified atom stereocenters. The Balaban J connectivity index is 2.21. The van der Waals surface area contributed by atoms with Crippen LogP contribution >= 0.6 is 0 Å². The molecule has 3 nitrogen and oxygen atoms in total. The predicted molar refractivity (Wildman–Crippen MR) is 82.0 cm³/mol. The Kier molecular flexibility index (Phi) is 5.28. The van der Waals surface area contributed by atoms with E-state index in [4.69, 9.17) is 4.74 Å². The molecule has 1 N–H and O–H groups in total. The molecule has 0 amide bonds. The van der Waals surface area contributed by atoms with Gasteiger partial charge in [0.05, 0.1) is 7.11 Å². The Labute approximate surface area is 125 Å². The lowest BCUT2D eigenvalue weighted by molar-refractivity contribution is 0.397. The summed E-state index contributed by atoms with van der Waals surface area (Å²) in [6.07, 6.45) is 2.56. The summed E-state index contributed by atoms with van der Waals surface area (Å²) in [6.45, 7) is 4.78. The maximum absolute atomic E-state index is 13.6. The van der Waals surface area contributed by atoms with Gasteiger partial charge in [-0.25, -0.2) is 9.37 Å². The van der Waals surface area contributed by atoms with Crippen LogP contribution in [0.25, 0.3) is 0 Å². The molecule has 0 aliphatic heterocycles. The Morgan fingerprint density at radius 3 is 2.67 bits per heavy atom. The second-order valence-electron chi connectivity index (χ2n) is 5.09. The molecule has 1 aromatic heterocycles. The molecule has 0 radical (unpaired) electrons. The fraction of sp³-hybridized carbons (Fsp3) is 0.353. The summed E-state index contributed by atoms with van der Waals surface area (Å²) >= 11 is 0. The summed E-state index contributed by atoms with van der Waals surface area (Å²) < 4.78 is 18.7. The van der Waals surface area contributed by atoms with Crippen LogP contribution < -0.4 is 10.1 Å². The number of hydrogen-bond donors (Lipinski definition) is 1. The number of benzene rings is 1. The number of aromatic nitrogens is 1. The highest BCUT2D eigenvalue weighted by Gasteiger charge is 2.13. The summed E-state index contributed by atoms with van der Waals surface area (Å²) in [5, 5.41) is 3.40. The van der Waals surface area contributed by atoms with E-state index in [1.54, 1.807) is 25.4 Å². The van der Waals surface area contributed by atoms with Crippen LogP contribution in [0.15, 0.2) is 36.5 Å². The van der Waals surface area contributed by atoms with Crippen LogP contribution in [0.5, 0.6) is 5.88 Å². The Morgan fingerprint density at radius 1 is 1.29 bits per heavy atom. The molecule has 0 fully saturated rings. The van der Waals surface area contributed by atoms with Crippen LogP contribution in [0, 0.1) is 12.7 Å². The van der Waals surface area contributed by atoms with Crippen molar-refractivity contribution in [1.29, 1.82) is 0 Å². The van der Waals surface area contributed by atoms with Gasteiger partial charge in [-0.3, -0.25) is 0 Å². The molecule has 0 aliphatic carbocycles. The Morgan fingerprint density at radius 2 is 2.10 bits per heavy atom. The largest absolute Gasteiger partial charge is 0.481 e. The molecule has 1 heterocycles. The monoisotopic (exact) mass is 288 g/mol. The van der Waals surface area contributed by atoms with Gasteiger partial charge >= 0.3 is 0 Å². The quantitative estimate of drug-likeness (QED) is 0.884. The van der Waals surface area contributed by atoms with Crippen molar-refractivity contribution in [3.05, 3.63) is 59.0 Å². The van der Waals surface area contributed by atoms with E-state index in [1.165, 1.54) is 0 Å². The van der Waals surface area contributed by atoms with Crippen molar-refractivity contribution in [2.75, 3.05) is 13.7 Å². The van der Waals surface area contributed by atoms with Gasteiger partial charge in [0.1, 0.15) is 5.82 Å². The number of rotatable bonds is 6. The number of halogens is 1. The molecule has 0 spiro atoms. The minimum absolute atomic E-state index is 0.0691. The van der Waals surface area contributed by atoms with Gasteiger partial charge in [0.2, 0.25) is 5.88 Å². The van der Waals surface area contributed by atoms with E-state index >= 15 is 0 Å². The van der Waals surface area contributed by atoms with Gasteiger partial charge in [0, 0.05) is 18.3 Å². The van der Waals surface area contributed by atoms with E-state index in [1.807, 2.05) is 32.0 Å². The third-order valence-corrected chi connectivity index (χ3v) is 3.36. The zero-order valence-electron chi connectivity index (χ0n) is 12.7. The number of ether oxygens (including phenoxy) is 1. The first kappa shape index (κ1) is 15.4. The lowest BCUT2D eigenvalue weighted by Gasteiger charge is -2.19. The first-order chi connectivity index (χ1) is 10.1. The molecular weight excluding hydrogens is 267 g/mol. The average molecular weight is 288 g/mol. The van der Waals surface area contributed by atoms with Crippen molar-refractivity contribution in [3.63, 3.8) is 0 Å². The third-order valence-electron chi connectivity index (χ3n) is 3.36. The van der Waals surface area contributed by atoms with Gasteiger partial charge in [-0.15, -0.1) is 0 Å². The lowest BCUT2D eigenvalue weighted by atomic mass is 9.98. The molecule has 1 atom stereocenters. The molecule has 0 aliphatic rings. The highest BCUT2D eigenvalue weighted by Crippen LogP contribution is 2.21. The normalized spacial score (nSPS) is 12.2. The highest BCUT2D eigenvalue weighted by molar-refractivity contribution is 5.28. The Hall–Kier alpha value is -1.94. The minimum Gasteiger partial charge on any atom is -0.481 e. The second kappa shape index (κ2) is 7.18. The number of likely N-dealkylation sites (N-methyl/N-ethyl adjacent to an activating group) is 1. The van der Waals surface area contributed by atoms with E-state index in [0.717, 1.165) is 29.7 Å². The SMILES string of the molecule is CCNC(Cc1ccc(OC)nc1)c1cc(C)cc(F)c1. The van der Waals surface area contributed by atoms with E-state index in [-0.39, 0.29) is 11.9 Å². The summed E-state index contributed by atoms with van der Waals surface area (Å²) in [5.74, 6) is 0.404. The zero-order valence-corrected chi connectivity index (χ0v) is 12.7. The van der Waals surface area contributed by atoms with Crippen molar-refractivity contribution >= 4 is 0 Å². The topological polar surface area (TPSA) is 34.1 Å². The number of hydrogen-bond acceptors (Lipinski definition) is 3. The molecule has 2 rings (SSSR count). The van der Waals surface area contributed by atoms with Crippen LogP contribution in [-0.2, 0) is 6.42 Å². The number of aryl methyl sites for hydroxylation is 1. The number of methoxy groups -OCH3 is 1. The summed E-state index contributed by atoms with van der Waals surface area (Å²) in [6, 6.07) is 9.06. The molecule has 0 saturated heterocycles. The predicted octanol–water partition coefficient (Wildman–Crippen LogP) is 3.43.